The van der Waals surface area contributed by atoms with Gasteiger partial charge in [-0.25, -0.2) is 0 Å². The number of aliphatic imine (C=N–C) groups is 1. The second kappa shape index (κ2) is 15.9. The highest BCUT2D eigenvalue weighted by molar-refractivity contribution is 7.80. The Hall–Kier alpha value is -0.180. The zero-order valence-electron chi connectivity index (χ0n) is 12.9. The van der Waals surface area contributed by atoms with Crippen molar-refractivity contribution in [1.29, 1.82) is 0 Å². The number of unbranched alkanes of at least 4 members (excludes halogenated alkanes) is 9. The fourth-order valence-electron chi connectivity index (χ4n) is 2.16. The molecule has 0 saturated heterocycles. The van der Waals surface area contributed by atoms with Crippen molar-refractivity contribution in [2.24, 2.45) is 10.7 Å². The summed E-state index contributed by atoms with van der Waals surface area (Å²) in [7, 11) is 0. The van der Waals surface area contributed by atoms with Crippen LogP contribution in [0.2, 0.25) is 0 Å². The first kappa shape index (κ1) is 18.8. The topological polar surface area (TPSA) is 38.4 Å². The molecule has 114 valence electrons. The molecule has 0 fully saturated rings. The lowest BCUT2D eigenvalue weighted by Crippen LogP contribution is -2.12. The second-order valence-electron chi connectivity index (χ2n) is 5.38. The molecule has 0 aliphatic rings. The molecule has 0 atom stereocenters. The highest BCUT2D eigenvalue weighted by Crippen LogP contribution is 2.10. The van der Waals surface area contributed by atoms with E-state index < -0.39 is 0 Å². The van der Waals surface area contributed by atoms with Crippen LogP contribution in [0, 0.1) is 0 Å². The van der Waals surface area contributed by atoms with E-state index in [-0.39, 0.29) is 0 Å². The van der Waals surface area contributed by atoms with Gasteiger partial charge < -0.3 is 5.73 Å². The minimum Gasteiger partial charge on any atom is -0.387 e. The van der Waals surface area contributed by atoms with Gasteiger partial charge in [0.15, 0.2) is 0 Å². The molecule has 19 heavy (non-hydrogen) atoms. The van der Waals surface area contributed by atoms with Gasteiger partial charge in [0.05, 0.1) is 5.84 Å². The Morgan fingerprint density at radius 2 is 1.37 bits per heavy atom. The molecule has 0 bridgehead atoms. The average molecular weight is 287 g/mol. The van der Waals surface area contributed by atoms with Crippen LogP contribution in [0.15, 0.2) is 4.99 Å². The fourth-order valence-corrected chi connectivity index (χ4v) is 2.32. The largest absolute Gasteiger partial charge is 0.387 e. The number of hydrogen-bond acceptors (Lipinski definition) is 2. The first-order chi connectivity index (χ1) is 9.31. The average Bonchev–Trinajstić information content (AvgIpc) is 2.42. The summed E-state index contributed by atoms with van der Waals surface area (Å²) in [6.45, 7) is 3.18. The standard InChI is InChI=1S/C16H34N2S/c1-2-3-4-5-6-7-8-9-10-11-14-18-16(17)13-12-15-19/h19H,2-15H2,1H3,(H2,17,18). The van der Waals surface area contributed by atoms with Gasteiger partial charge in [0.2, 0.25) is 0 Å². The first-order valence-electron chi connectivity index (χ1n) is 8.21. The van der Waals surface area contributed by atoms with Gasteiger partial charge in [-0.1, -0.05) is 64.7 Å². The molecule has 0 amide bonds. The van der Waals surface area contributed by atoms with Crippen LogP contribution < -0.4 is 5.73 Å². The van der Waals surface area contributed by atoms with Crippen LogP contribution in [0.4, 0.5) is 0 Å². The van der Waals surface area contributed by atoms with E-state index in [0.29, 0.717) is 0 Å². The van der Waals surface area contributed by atoms with Crippen LogP contribution >= 0.6 is 12.6 Å². The van der Waals surface area contributed by atoms with Crippen molar-refractivity contribution >= 4 is 18.5 Å². The summed E-state index contributed by atoms with van der Waals surface area (Å²) in [5, 5.41) is 0. The second-order valence-corrected chi connectivity index (χ2v) is 5.83. The van der Waals surface area contributed by atoms with Crippen LogP contribution in [0.25, 0.3) is 0 Å². The summed E-state index contributed by atoms with van der Waals surface area (Å²) < 4.78 is 0. The van der Waals surface area contributed by atoms with E-state index in [1.165, 1.54) is 64.2 Å². The predicted octanol–water partition coefficient (Wildman–Crippen LogP) is 4.97. The van der Waals surface area contributed by atoms with Gasteiger partial charge in [0, 0.05) is 13.0 Å². The molecule has 0 aromatic heterocycles. The molecule has 0 spiro atoms. The third kappa shape index (κ3) is 15.8. The van der Waals surface area contributed by atoms with Crippen LogP contribution in [0.5, 0.6) is 0 Å². The number of nitrogens with zero attached hydrogens (tertiary/aromatic N) is 1. The third-order valence-corrected chi connectivity index (χ3v) is 3.73. The van der Waals surface area contributed by atoms with Crippen molar-refractivity contribution in [1.82, 2.24) is 0 Å². The molecule has 0 aromatic rings. The van der Waals surface area contributed by atoms with Crippen molar-refractivity contribution in [3.05, 3.63) is 0 Å². The number of nitrogens with two attached hydrogens (primary N) is 1. The van der Waals surface area contributed by atoms with Crippen molar-refractivity contribution in [3.8, 4) is 0 Å². The van der Waals surface area contributed by atoms with E-state index in [1.807, 2.05) is 0 Å². The summed E-state index contributed by atoms with van der Waals surface area (Å²) in [5.41, 5.74) is 5.80. The molecule has 0 aliphatic carbocycles. The molecule has 0 rings (SSSR count). The quantitative estimate of drug-likeness (QED) is 0.201. The van der Waals surface area contributed by atoms with Crippen LogP contribution in [0.1, 0.15) is 84.0 Å². The monoisotopic (exact) mass is 286 g/mol. The Kier molecular flexibility index (Phi) is 15.7. The maximum atomic E-state index is 5.80. The zero-order valence-corrected chi connectivity index (χ0v) is 13.8. The van der Waals surface area contributed by atoms with E-state index in [4.69, 9.17) is 5.73 Å². The smallest absolute Gasteiger partial charge is 0.0937 e. The Balaban J connectivity index is 3.14. The molecule has 0 aromatic carbocycles. The molecule has 3 heteroatoms. The summed E-state index contributed by atoms with van der Waals surface area (Å²) in [6.07, 6.45) is 15.6. The van der Waals surface area contributed by atoms with E-state index in [9.17, 15) is 0 Å². The minimum atomic E-state index is 0.810. The van der Waals surface area contributed by atoms with E-state index in [0.717, 1.165) is 31.0 Å². The lowest BCUT2D eigenvalue weighted by Gasteiger charge is -2.02. The first-order valence-corrected chi connectivity index (χ1v) is 8.84. The lowest BCUT2D eigenvalue weighted by atomic mass is 10.1. The lowest BCUT2D eigenvalue weighted by molar-refractivity contribution is 0.558. The van der Waals surface area contributed by atoms with Gasteiger partial charge in [-0.15, -0.1) is 0 Å². The number of rotatable bonds is 14. The highest BCUT2D eigenvalue weighted by Gasteiger charge is 1.94. The van der Waals surface area contributed by atoms with Gasteiger partial charge in [-0.3, -0.25) is 4.99 Å². The molecule has 0 radical (unpaired) electrons. The van der Waals surface area contributed by atoms with Crippen LogP contribution in [0.3, 0.4) is 0 Å². The molecular weight excluding hydrogens is 252 g/mol. The molecule has 0 unspecified atom stereocenters. The van der Waals surface area contributed by atoms with Crippen molar-refractivity contribution in [2.75, 3.05) is 12.3 Å². The summed E-state index contributed by atoms with van der Waals surface area (Å²) in [4.78, 5) is 4.39. The summed E-state index contributed by atoms with van der Waals surface area (Å²) in [5.74, 6) is 1.71. The van der Waals surface area contributed by atoms with E-state index >= 15 is 0 Å². The maximum Gasteiger partial charge on any atom is 0.0937 e. The Morgan fingerprint density at radius 3 is 1.89 bits per heavy atom. The molecule has 0 aliphatic heterocycles. The van der Waals surface area contributed by atoms with Crippen molar-refractivity contribution < 1.29 is 0 Å². The molecule has 0 heterocycles. The Bertz CT molecular complexity index is 205. The zero-order chi connectivity index (χ0) is 14.2. The van der Waals surface area contributed by atoms with Gasteiger partial charge in [0.1, 0.15) is 0 Å². The highest BCUT2D eigenvalue weighted by atomic mass is 32.1. The van der Waals surface area contributed by atoms with Gasteiger partial charge >= 0.3 is 0 Å². The normalized spacial score (nSPS) is 12.0. The minimum absolute atomic E-state index is 0.810. The Labute approximate surface area is 126 Å². The predicted molar refractivity (Wildman–Crippen MR) is 91.4 cm³/mol. The van der Waals surface area contributed by atoms with E-state index in [1.54, 1.807) is 0 Å². The van der Waals surface area contributed by atoms with Gasteiger partial charge in [0.25, 0.3) is 0 Å². The number of hydrogen-bond donors (Lipinski definition) is 2. The third-order valence-electron chi connectivity index (χ3n) is 3.42. The number of thiol groups is 1. The van der Waals surface area contributed by atoms with Crippen LogP contribution in [-0.2, 0) is 0 Å². The van der Waals surface area contributed by atoms with Crippen molar-refractivity contribution in [2.45, 2.75) is 84.0 Å². The molecule has 2 nitrogen and oxygen atoms in total. The van der Waals surface area contributed by atoms with Crippen LogP contribution in [-0.4, -0.2) is 18.1 Å². The maximum absolute atomic E-state index is 5.80. The van der Waals surface area contributed by atoms with Gasteiger partial charge in [-0.2, -0.15) is 12.6 Å². The fraction of sp³-hybridized carbons (Fsp3) is 0.938. The number of amidine groups is 1. The van der Waals surface area contributed by atoms with Gasteiger partial charge in [-0.05, 0) is 18.6 Å². The molecular formula is C16H34N2S. The van der Waals surface area contributed by atoms with Crippen molar-refractivity contribution in [3.63, 3.8) is 0 Å². The molecule has 0 saturated carbocycles. The van der Waals surface area contributed by atoms with E-state index in [2.05, 4.69) is 24.5 Å². The summed E-state index contributed by atoms with van der Waals surface area (Å²) >= 11 is 4.17. The molecule has 2 N–H and O–H groups in total. The summed E-state index contributed by atoms with van der Waals surface area (Å²) in [6, 6.07) is 0. The SMILES string of the molecule is CCCCCCCCCCCCN=C(N)CCCS. The Morgan fingerprint density at radius 1 is 0.842 bits per heavy atom.